The van der Waals surface area contributed by atoms with Crippen molar-refractivity contribution < 1.29 is 28.2 Å². The van der Waals surface area contributed by atoms with E-state index >= 15 is 0 Å². The van der Waals surface area contributed by atoms with Crippen molar-refractivity contribution >= 4 is 7.60 Å². The van der Waals surface area contributed by atoms with Crippen molar-refractivity contribution in [3.63, 3.8) is 0 Å². The van der Waals surface area contributed by atoms with E-state index in [1.54, 1.807) is 0 Å². The minimum atomic E-state index is -4.65. The van der Waals surface area contributed by atoms with Crippen molar-refractivity contribution in [2.45, 2.75) is 12.6 Å². The zero-order chi connectivity index (χ0) is 9.23. The van der Waals surface area contributed by atoms with E-state index in [0.29, 0.717) is 0 Å². The summed E-state index contributed by atoms with van der Waals surface area (Å²) in [5, 5.41) is 8.37. The molecule has 0 bridgehead atoms. The number of aliphatic hydroxyl groups excluding tert-OH is 1. The van der Waals surface area contributed by atoms with Crippen LogP contribution in [0.15, 0.2) is 11.8 Å². The van der Waals surface area contributed by atoms with Crippen LogP contribution in [0.2, 0.25) is 0 Å². The van der Waals surface area contributed by atoms with Gasteiger partial charge in [-0.2, -0.15) is 8.78 Å². The molecule has 0 aromatic carbocycles. The third-order valence-electron chi connectivity index (χ3n) is 1.09. The average molecular weight is 188 g/mol. The molecular weight excluding hydrogens is 181 g/mol. The van der Waals surface area contributed by atoms with Crippen LogP contribution in [0.4, 0.5) is 8.78 Å². The standard InChI is InChI=1S/C4H7F2O4P/c1-2(11(8,9)10)3(7)4(5)6/h2,7H,1H3,(H2,8,9,10). The van der Waals surface area contributed by atoms with E-state index in [-0.39, 0.29) is 0 Å². The molecule has 0 rings (SSSR count). The molecule has 0 saturated heterocycles. The highest BCUT2D eigenvalue weighted by atomic mass is 31.2. The first-order valence-corrected chi connectivity index (χ1v) is 4.24. The van der Waals surface area contributed by atoms with Gasteiger partial charge in [-0.3, -0.25) is 4.57 Å². The van der Waals surface area contributed by atoms with E-state index in [2.05, 4.69) is 0 Å². The first-order chi connectivity index (χ1) is 4.76. The fourth-order valence-corrected chi connectivity index (χ4v) is 0.733. The molecule has 4 nitrogen and oxygen atoms in total. The van der Waals surface area contributed by atoms with Crippen molar-refractivity contribution in [2.24, 2.45) is 0 Å². The number of hydrogen-bond acceptors (Lipinski definition) is 2. The molecule has 0 fully saturated rings. The Kier molecular flexibility index (Phi) is 3.16. The molecule has 0 saturated carbocycles. The van der Waals surface area contributed by atoms with E-state index in [0.717, 1.165) is 6.92 Å². The molecule has 0 aliphatic heterocycles. The summed E-state index contributed by atoms with van der Waals surface area (Å²) in [4.78, 5) is 16.6. The van der Waals surface area contributed by atoms with Crippen molar-refractivity contribution in [1.82, 2.24) is 0 Å². The predicted molar refractivity (Wildman–Crippen MR) is 33.4 cm³/mol. The van der Waals surface area contributed by atoms with Crippen molar-refractivity contribution in [3.05, 3.63) is 11.8 Å². The van der Waals surface area contributed by atoms with Gasteiger partial charge in [-0.25, -0.2) is 0 Å². The van der Waals surface area contributed by atoms with Gasteiger partial charge in [-0.1, -0.05) is 0 Å². The lowest BCUT2D eigenvalue weighted by atomic mass is 10.4. The van der Waals surface area contributed by atoms with Gasteiger partial charge in [-0.15, -0.1) is 0 Å². The van der Waals surface area contributed by atoms with E-state index in [1.807, 2.05) is 0 Å². The van der Waals surface area contributed by atoms with Crippen molar-refractivity contribution in [3.8, 4) is 0 Å². The van der Waals surface area contributed by atoms with Crippen LogP contribution in [-0.4, -0.2) is 20.6 Å². The molecule has 7 heteroatoms. The van der Waals surface area contributed by atoms with Crippen LogP contribution in [0.25, 0.3) is 0 Å². The Morgan fingerprint density at radius 2 is 1.82 bits per heavy atom. The molecule has 0 aliphatic rings. The quantitative estimate of drug-likeness (QED) is 0.449. The van der Waals surface area contributed by atoms with Gasteiger partial charge in [0.25, 0.3) is 0 Å². The van der Waals surface area contributed by atoms with Gasteiger partial charge < -0.3 is 14.9 Å². The first kappa shape index (κ1) is 10.6. The van der Waals surface area contributed by atoms with E-state index in [1.165, 1.54) is 0 Å². The fraction of sp³-hybridized carbons (Fsp3) is 0.500. The lowest BCUT2D eigenvalue weighted by Gasteiger charge is -2.10. The largest absolute Gasteiger partial charge is 0.506 e. The Hall–Kier alpha value is -0.450. The second kappa shape index (κ2) is 3.30. The number of halogens is 2. The molecule has 0 aromatic rings. The lowest BCUT2D eigenvalue weighted by Crippen LogP contribution is -2.07. The number of allylic oxidation sites excluding steroid dienone is 1. The van der Waals surface area contributed by atoms with Crippen molar-refractivity contribution in [2.75, 3.05) is 0 Å². The van der Waals surface area contributed by atoms with E-state index < -0.39 is 25.1 Å². The van der Waals surface area contributed by atoms with Crippen LogP contribution in [-0.2, 0) is 4.57 Å². The molecule has 1 unspecified atom stereocenters. The smallest absolute Gasteiger partial charge is 0.336 e. The Balaban J connectivity index is 4.66. The van der Waals surface area contributed by atoms with E-state index in [9.17, 15) is 13.3 Å². The Morgan fingerprint density at radius 1 is 1.45 bits per heavy atom. The summed E-state index contributed by atoms with van der Waals surface area (Å²) < 4.78 is 33.2. The minimum absolute atomic E-state index is 0.815. The number of rotatable bonds is 2. The molecule has 11 heavy (non-hydrogen) atoms. The first-order valence-electron chi connectivity index (χ1n) is 2.56. The molecule has 3 N–H and O–H groups in total. The van der Waals surface area contributed by atoms with Crippen LogP contribution in [0.5, 0.6) is 0 Å². The second-order valence-corrected chi connectivity index (χ2v) is 3.86. The topological polar surface area (TPSA) is 77.8 Å². The fourth-order valence-electron chi connectivity index (χ4n) is 0.317. The van der Waals surface area contributed by atoms with Crippen LogP contribution in [0, 0.1) is 0 Å². The summed E-state index contributed by atoms with van der Waals surface area (Å²) in [6.45, 7) is 0.815. The van der Waals surface area contributed by atoms with Gasteiger partial charge in [0.15, 0.2) is 5.76 Å². The summed E-state index contributed by atoms with van der Waals surface area (Å²) >= 11 is 0. The third-order valence-corrected chi connectivity index (χ3v) is 2.35. The summed E-state index contributed by atoms with van der Waals surface area (Å²) in [6, 6.07) is 0. The summed E-state index contributed by atoms with van der Waals surface area (Å²) in [7, 11) is -4.65. The van der Waals surface area contributed by atoms with Gasteiger partial charge in [0.2, 0.25) is 0 Å². The minimum Gasteiger partial charge on any atom is -0.506 e. The molecule has 0 spiro atoms. The van der Waals surface area contributed by atoms with Gasteiger partial charge in [0.1, 0.15) is 5.66 Å². The number of hydrogen-bond donors (Lipinski definition) is 3. The highest BCUT2D eigenvalue weighted by molar-refractivity contribution is 7.52. The highest BCUT2D eigenvalue weighted by Gasteiger charge is 2.30. The van der Waals surface area contributed by atoms with Gasteiger partial charge in [-0.05, 0) is 6.92 Å². The maximum Gasteiger partial charge on any atom is 0.336 e. The molecular formula is C4H7F2O4P. The monoisotopic (exact) mass is 188 g/mol. The van der Waals surface area contributed by atoms with Gasteiger partial charge in [0.05, 0.1) is 0 Å². The van der Waals surface area contributed by atoms with Crippen LogP contribution in [0.1, 0.15) is 6.92 Å². The zero-order valence-corrected chi connectivity index (χ0v) is 6.42. The van der Waals surface area contributed by atoms with Gasteiger partial charge >= 0.3 is 13.7 Å². The molecule has 0 radical (unpaired) electrons. The Morgan fingerprint density at radius 3 is 1.91 bits per heavy atom. The molecule has 0 heterocycles. The average Bonchev–Trinajstić information content (AvgIpc) is 1.82. The summed E-state index contributed by atoms with van der Waals surface area (Å²) in [5.74, 6) is -1.56. The summed E-state index contributed by atoms with van der Waals surface area (Å²) in [5.41, 5.74) is -1.84. The summed E-state index contributed by atoms with van der Waals surface area (Å²) in [6.07, 6.45) is -2.47. The lowest BCUT2D eigenvalue weighted by molar-refractivity contribution is 0.289. The maximum atomic E-state index is 11.5. The predicted octanol–water partition coefficient (Wildman–Crippen LogP) is 1.22. The van der Waals surface area contributed by atoms with Gasteiger partial charge in [0, 0.05) is 0 Å². The maximum absolute atomic E-state index is 11.5. The third kappa shape index (κ3) is 2.96. The molecule has 0 amide bonds. The highest BCUT2D eigenvalue weighted by Crippen LogP contribution is 2.44. The second-order valence-electron chi connectivity index (χ2n) is 1.91. The van der Waals surface area contributed by atoms with Crippen molar-refractivity contribution in [1.29, 1.82) is 0 Å². The molecule has 0 aromatic heterocycles. The van der Waals surface area contributed by atoms with Crippen LogP contribution >= 0.6 is 7.60 Å². The molecule has 1 atom stereocenters. The normalized spacial score (nSPS) is 14.3. The van der Waals surface area contributed by atoms with Crippen LogP contribution < -0.4 is 0 Å². The van der Waals surface area contributed by atoms with Crippen LogP contribution in [0.3, 0.4) is 0 Å². The molecule has 0 aliphatic carbocycles. The SMILES string of the molecule is CC(C(O)=C(F)F)P(=O)(O)O. The Labute approximate surface area is 61.3 Å². The van der Waals surface area contributed by atoms with E-state index in [4.69, 9.17) is 14.9 Å². The zero-order valence-electron chi connectivity index (χ0n) is 5.53. The Bertz CT molecular complexity index is 216. The number of aliphatic hydroxyl groups is 1. The molecule has 66 valence electrons.